The van der Waals surface area contributed by atoms with Crippen molar-refractivity contribution in [3.8, 4) is 5.75 Å². The molecule has 4 heteroatoms. The first-order chi connectivity index (χ1) is 15.2. The predicted octanol–water partition coefficient (Wildman–Crippen LogP) is 5.12. The minimum Gasteiger partial charge on any atom is -0.489 e. The number of hydrogen-bond acceptors (Lipinski definition) is 3. The van der Waals surface area contributed by atoms with Crippen molar-refractivity contribution in [1.29, 1.82) is 0 Å². The van der Waals surface area contributed by atoms with E-state index in [0.717, 1.165) is 34.3 Å². The second kappa shape index (κ2) is 9.82. The molecule has 1 N–H and O–H groups in total. The molecule has 0 saturated heterocycles. The molecule has 0 amide bonds. The first-order valence-electron chi connectivity index (χ1n) is 10.8. The molecule has 0 fully saturated rings. The Kier molecular flexibility index (Phi) is 6.70. The van der Waals surface area contributed by atoms with E-state index in [2.05, 4.69) is 65.1 Å². The molecule has 4 aromatic rings. The lowest BCUT2D eigenvalue weighted by Crippen LogP contribution is -2.36. The molecule has 2 atom stereocenters. The maximum atomic E-state index is 11.2. The number of likely N-dealkylation sites (N-methyl/N-ethyl adjacent to an activating group) is 1. The van der Waals surface area contributed by atoms with E-state index in [9.17, 15) is 5.11 Å². The normalized spacial score (nSPS) is 13.4. The Morgan fingerprint density at radius 2 is 1.65 bits per heavy atom. The van der Waals surface area contributed by atoms with Crippen LogP contribution in [0.5, 0.6) is 5.75 Å². The Hall–Kier alpha value is -3.08. The third kappa shape index (κ3) is 4.98. The second-order valence-corrected chi connectivity index (χ2v) is 8.00. The van der Waals surface area contributed by atoms with E-state index < -0.39 is 6.10 Å². The van der Waals surface area contributed by atoms with Crippen molar-refractivity contribution in [3.63, 3.8) is 0 Å². The van der Waals surface area contributed by atoms with Gasteiger partial charge in [0, 0.05) is 23.6 Å². The molecule has 0 aliphatic heterocycles. The van der Waals surface area contributed by atoms with Gasteiger partial charge in [0.15, 0.2) is 0 Å². The minimum absolute atomic E-state index is 0.163. The van der Waals surface area contributed by atoms with Gasteiger partial charge in [-0.15, -0.1) is 0 Å². The zero-order valence-electron chi connectivity index (χ0n) is 18.2. The Bertz CT molecular complexity index is 1090. The van der Waals surface area contributed by atoms with Gasteiger partial charge in [0.1, 0.15) is 12.4 Å². The van der Waals surface area contributed by atoms with Crippen LogP contribution in [0.4, 0.5) is 0 Å². The average Bonchev–Trinajstić information content (AvgIpc) is 3.22. The maximum Gasteiger partial charge on any atom is 0.120 e. The fraction of sp³-hybridized carbons (Fsp3) is 0.259. The molecule has 0 unspecified atom stereocenters. The molecule has 0 spiro atoms. The van der Waals surface area contributed by atoms with Crippen molar-refractivity contribution in [1.82, 2.24) is 9.47 Å². The van der Waals surface area contributed by atoms with Gasteiger partial charge in [-0.25, -0.2) is 0 Å². The van der Waals surface area contributed by atoms with Crippen molar-refractivity contribution >= 4 is 10.9 Å². The topological polar surface area (TPSA) is 37.6 Å². The molecule has 3 aromatic carbocycles. The van der Waals surface area contributed by atoms with Crippen molar-refractivity contribution in [3.05, 3.63) is 102 Å². The zero-order valence-corrected chi connectivity index (χ0v) is 18.2. The Balaban J connectivity index is 1.62. The van der Waals surface area contributed by atoms with E-state index in [0.29, 0.717) is 13.2 Å². The predicted molar refractivity (Wildman–Crippen MR) is 126 cm³/mol. The van der Waals surface area contributed by atoms with Gasteiger partial charge in [-0.3, -0.25) is 0 Å². The van der Waals surface area contributed by atoms with Crippen LogP contribution < -0.4 is 4.74 Å². The number of aliphatic hydroxyl groups excluding tert-OH is 1. The highest BCUT2D eigenvalue weighted by molar-refractivity contribution is 5.82. The van der Waals surface area contributed by atoms with Gasteiger partial charge in [0.05, 0.1) is 12.1 Å². The Morgan fingerprint density at radius 1 is 0.935 bits per heavy atom. The number of hydrogen-bond donors (Lipinski definition) is 1. The summed E-state index contributed by atoms with van der Waals surface area (Å²) in [5, 5.41) is 12.3. The summed E-state index contributed by atoms with van der Waals surface area (Å²) >= 11 is 0. The number of rotatable bonds is 9. The number of nitrogens with zero attached hydrogens (tertiary/aromatic N) is 2. The number of aliphatic hydroxyl groups is 1. The zero-order chi connectivity index (χ0) is 21.6. The van der Waals surface area contributed by atoms with E-state index >= 15 is 0 Å². The Morgan fingerprint density at radius 3 is 2.35 bits per heavy atom. The molecular formula is C27H30N2O2. The molecular weight excluding hydrogens is 384 g/mol. The van der Waals surface area contributed by atoms with Gasteiger partial charge in [-0.1, -0.05) is 67.6 Å². The summed E-state index contributed by atoms with van der Waals surface area (Å²) in [4.78, 5) is 2.14. The second-order valence-electron chi connectivity index (χ2n) is 8.00. The number of fused-ring (bicyclic) bond motifs is 1. The highest BCUT2D eigenvalue weighted by Crippen LogP contribution is 2.30. The fourth-order valence-electron chi connectivity index (χ4n) is 3.98. The average molecular weight is 415 g/mol. The van der Waals surface area contributed by atoms with Gasteiger partial charge >= 0.3 is 0 Å². The lowest BCUT2D eigenvalue weighted by molar-refractivity contribution is 0.0940. The molecule has 1 aromatic heterocycles. The molecule has 1 heterocycles. The lowest BCUT2D eigenvalue weighted by atomic mass is 10.0. The van der Waals surface area contributed by atoms with Gasteiger partial charge < -0.3 is 19.3 Å². The summed E-state index contributed by atoms with van der Waals surface area (Å²) in [5.41, 5.74) is 3.33. The van der Waals surface area contributed by atoms with Gasteiger partial charge in [0.2, 0.25) is 0 Å². The van der Waals surface area contributed by atoms with Gasteiger partial charge in [-0.05, 0) is 49.0 Å². The van der Waals surface area contributed by atoms with Gasteiger partial charge in [-0.2, -0.15) is 0 Å². The third-order valence-electron chi connectivity index (χ3n) is 5.78. The fourth-order valence-corrected chi connectivity index (χ4v) is 3.98. The van der Waals surface area contributed by atoms with Crippen molar-refractivity contribution < 1.29 is 9.84 Å². The van der Waals surface area contributed by atoms with Crippen LogP contribution in [0.3, 0.4) is 0 Å². The van der Waals surface area contributed by atoms with E-state index in [1.54, 1.807) is 0 Å². The first-order valence-corrected chi connectivity index (χ1v) is 10.8. The number of ether oxygens (including phenoxy) is 1. The highest BCUT2D eigenvalue weighted by atomic mass is 16.5. The molecule has 0 aliphatic carbocycles. The van der Waals surface area contributed by atoms with Crippen LogP contribution in [0.15, 0.2) is 91.1 Å². The SMILES string of the molecule is CCN(C)C[C@@H](O)[C@H](c1ccccc1)n1ccc2cc(OCc3ccccc3)ccc21. The van der Waals surface area contributed by atoms with Crippen LogP contribution in [0, 0.1) is 0 Å². The molecule has 160 valence electrons. The van der Waals surface area contributed by atoms with E-state index in [4.69, 9.17) is 4.74 Å². The van der Waals surface area contributed by atoms with E-state index in [1.807, 2.05) is 49.5 Å². The molecule has 0 aliphatic rings. The quantitative estimate of drug-likeness (QED) is 0.413. The summed E-state index contributed by atoms with van der Waals surface area (Å²) in [6.45, 7) is 4.15. The maximum absolute atomic E-state index is 11.2. The molecule has 4 rings (SSSR count). The molecule has 31 heavy (non-hydrogen) atoms. The smallest absolute Gasteiger partial charge is 0.120 e. The highest BCUT2D eigenvalue weighted by Gasteiger charge is 2.25. The van der Waals surface area contributed by atoms with E-state index in [-0.39, 0.29) is 6.04 Å². The number of benzene rings is 3. The largest absolute Gasteiger partial charge is 0.489 e. The van der Waals surface area contributed by atoms with E-state index in [1.165, 1.54) is 0 Å². The monoisotopic (exact) mass is 414 g/mol. The summed E-state index contributed by atoms with van der Waals surface area (Å²) in [5.74, 6) is 0.844. The molecule has 0 bridgehead atoms. The van der Waals surface area contributed by atoms with Gasteiger partial charge in [0.25, 0.3) is 0 Å². The summed E-state index contributed by atoms with van der Waals surface area (Å²) < 4.78 is 8.18. The Labute approximate surface area is 184 Å². The third-order valence-corrected chi connectivity index (χ3v) is 5.78. The first kappa shape index (κ1) is 21.2. The van der Waals surface area contributed by atoms with Crippen LogP contribution in [0.25, 0.3) is 10.9 Å². The lowest BCUT2D eigenvalue weighted by Gasteiger charge is -2.29. The molecule has 0 radical (unpaired) electrons. The standard InChI is InChI=1S/C27H30N2O2/c1-3-28(2)19-26(30)27(22-12-8-5-9-13-22)29-17-16-23-18-24(14-15-25(23)29)31-20-21-10-6-4-7-11-21/h4-18,26-27,30H,3,19-20H2,1-2H3/t26-,27+/m1/s1. The molecule has 0 saturated carbocycles. The van der Waals surface area contributed by atoms with Crippen molar-refractivity contribution in [2.45, 2.75) is 25.7 Å². The van der Waals surface area contributed by atoms with Crippen LogP contribution in [0.1, 0.15) is 24.1 Å². The minimum atomic E-state index is -0.531. The van der Waals surface area contributed by atoms with Crippen LogP contribution in [-0.4, -0.2) is 40.8 Å². The van der Waals surface area contributed by atoms with Crippen LogP contribution in [0.2, 0.25) is 0 Å². The van der Waals surface area contributed by atoms with Crippen molar-refractivity contribution in [2.24, 2.45) is 0 Å². The summed E-state index contributed by atoms with van der Waals surface area (Å²) in [7, 11) is 2.04. The van der Waals surface area contributed by atoms with Crippen LogP contribution in [-0.2, 0) is 6.61 Å². The van der Waals surface area contributed by atoms with Crippen LogP contribution >= 0.6 is 0 Å². The summed E-state index contributed by atoms with van der Waals surface area (Å²) in [6.07, 6.45) is 1.54. The number of aromatic nitrogens is 1. The molecule has 4 nitrogen and oxygen atoms in total. The summed E-state index contributed by atoms with van der Waals surface area (Å²) in [6, 6.07) is 28.5. The van der Waals surface area contributed by atoms with Crippen molar-refractivity contribution in [2.75, 3.05) is 20.1 Å².